The Kier molecular flexibility index (Phi) is 5.41. The minimum absolute atomic E-state index is 0.0300. The van der Waals surface area contributed by atoms with Crippen LogP contribution in [0.5, 0.6) is 0 Å². The molecule has 22 heavy (non-hydrogen) atoms. The van der Waals surface area contributed by atoms with Gasteiger partial charge in [-0.1, -0.05) is 29.8 Å². The second kappa shape index (κ2) is 7.29. The Hall–Kier alpha value is -2.04. The minimum atomic E-state index is -0.424. The maximum absolute atomic E-state index is 12.3. The van der Waals surface area contributed by atoms with E-state index in [0.29, 0.717) is 10.7 Å². The van der Waals surface area contributed by atoms with Crippen molar-refractivity contribution in [2.75, 3.05) is 10.6 Å². The summed E-state index contributed by atoms with van der Waals surface area (Å²) in [6.07, 6.45) is 0. The van der Waals surface area contributed by atoms with E-state index in [0.717, 1.165) is 16.8 Å². The molecule has 4 nitrogen and oxygen atoms in total. The first kappa shape index (κ1) is 16.3. The average molecular weight is 319 g/mol. The Morgan fingerprint density at radius 2 is 2.05 bits per heavy atom. The van der Waals surface area contributed by atoms with E-state index in [4.69, 9.17) is 16.7 Å². The molecule has 0 saturated heterocycles. The molecular weight excluding hydrogens is 300 g/mol. The predicted octanol–water partition coefficient (Wildman–Crippen LogP) is 3.58. The van der Waals surface area contributed by atoms with Crippen LogP contribution in [0.25, 0.3) is 0 Å². The molecule has 5 heteroatoms. The molecule has 1 unspecified atom stereocenters. The number of carbonyl (C=O) groups is 1. The van der Waals surface area contributed by atoms with Crippen LogP contribution in [0.2, 0.25) is 5.02 Å². The number of nitrogens with one attached hydrogen (secondary N) is 2. The van der Waals surface area contributed by atoms with Crippen LogP contribution in [-0.2, 0) is 11.4 Å². The van der Waals surface area contributed by atoms with Crippen LogP contribution < -0.4 is 10.6 Å². The Balaban J connectivity index is 2.04. The second-order valence-corrected chi connectivity index (χ2v) is 5.61. The van der Waals surface area contributed by atoms with Gasteiger partial charge >= 0.3 is 0 Å². The van der Waals surface area contributed by atoms with Crippen molar-refractivity contribution in [1.82, 2.24) is 0 Å². The molecule has 0 aromatic heterocycles. The fourth-order valence-electron chi connectivity index (χ4n) is 2.04. The van der Waals surface area contributed by atoms with Crippen LogP contribution in [0.15, 0.2) is 42.5 Å². The van der Waals surface area contributed by atoms with Gasteiger partial charge < -0.3 is 15.7 Å². The summed E-state index contributed by atoms with van der Waals surface area (Å²) in [7, 11) is 0. The van der Waals surface area contributed by atoms with Crippen molar-refractivity contribution in [3.8, 4) is 0 Å². The number of aliphatic hydroxyl groups is 1. The molecule has 2 aromatic carbocycles. The van der Waals surface area contributed by atoms with Gasteiger partial charge in [0.25, 0.3) is 0 Å². The van der Waals surface area contributed by atoms with E-state index in [1.165, 1.54) is 0 Å². The molecule has 1 amide bonds. The van der Waals surface area contributed by atoms with Crippen LogP contribution in [0.1, 0.15) is 18.1 Å². The molecule has 0 saturated carbocycles. The second-order valence-electron chi connectivity index (χ2n) is 5.17. The number of amides is 1. The number of anilines is 2. The third kappa shape index (κ3) is 4.23. The van der Waals surface area contributed by atoms with E-state index in [1.54, 1.807) is 19.1 Å². The van der Waals surface area contributed by atoms with Crippen molar-refractivity contribution in [1.29, 1.82) is 0 Å². The number of benzene rings is 2. The van der Waals surface area contributed by atoms with Gasteiger partial charge in [0, 0.05) is 16.4 Å². The topological polar surface area (TPSA) is 61.4 Å². The van der Waals surface area contributed by atoms with Gasteiger partial charge in [-0.2, -0.15) is 0 Å². The van der Waals surface area contributed by atoms with Crippen molar-refractivity contribution in [3.05, 3.63) is 58.6 Å². The lowest BCUT2D eigenvalue weighted by molar-refractivity contribution is -0.116. The fourth-order valence-corrected chi connectivity index (χ4v) is 2.22. The third-order valence-corrected chi connectivity index (χ3v) is 3.58. The monoisotopic (exact) mass is 318 g/mol. The molecule has 2 aromatic rings. The summed E-state index contributed by atoms with van der Waals surface area (Å²) in [4.78, 5) is 12.3. The zero-order chi connectivity index (χ0) is 16.1. The zero-order valence-corrected chi connectivity index (χ0v) is 13.3. The Morgan fingerprint density at radius 1 is 1.27 bits per heavy atom. The lowest BCUT2D eigenvalue weighted by Gasteiger charge is -2.17. The summed E-state index contributed by atoms with van der Waals surface area (Å²) in [6.45, 7) is 3.66. The van der Waals surface area contributed by atoms with Crippen LogP contribution in [0.3, 0.4) is 0 Å². The number of aryl methyl sites for hydroxylation is 1. The molecular formula is C17H19ClN2O2. The number of halogens is 1. The van der Waals surface area contributed by atoms with Crippen LogP contribution in [-0.4, -0.2) is 17.1 Å². The summed E-state index contributed by atoms with van der Waals surface area (Å²) < 4.78 is 0. The molecule has 116 valence electrons. The fraction of sp³-hybridized carbons (Fsp3) is 0.235. The van der Waals surface area contributed by atoms with Crippen LogP contribution in [0, 0.1) is 6.92 Å². The van der Waals surface area contributed by atoms with Gasteiger partial charge in [0.15, 0.2) is 0 Å². The standard InChI is InChI=1S/C17H19ClN2O2/c1-11-6-7-14(18)9-16(11)20-17(22)12(2)19-15-5-3-4-13(8-15)10-21/h3-9,12,19,21H,10H2,1-2H3,(H,20,22). The van der Waals surface area contributed by atoms with E-state index in [-0.39, 0.29) is 12.5 Å². The van der Waals surface area contributed by atoms with Crippen LogP contribution in [0.4, 0.5) is 11.4 Å². The van der Waals surface area contributed by atoms with Gasteiger partial charge in [-0.15, -0.1) is 0 Å². The molecule has 0 bridgehead atoms. The van der Waals surface area contributed by atoms with Crippen molar-refractivity contribution < 1.29 is 9.90 Å². The van der Waals surface area contributed by atoms with Gasteiger partial charge in [-0.3, -0.25) is 4.79 Å². The first-order valence-corrected chi connectivity index (χ1v) is 7.40. The predicted molar refractivity (Wildman–Crippen MR) is 90.3 cm³/mol. The summed E-state index contributed by atoms with van der Waals surface area (Å²) in [6, 6.07) is 12.3. The molecule has 0 spiro atoms. The van der Waals surface area contributed by atoms with E-state index < -0.39 is 6.04 Å². The molecule has 3 N–H and O–H groups in total. The highest BCUT2D eigenvalue weighted by molar-refractivity contribution is 6.31. The first-order valence-electron chi connectivity index (χ1n) is 7.03. The molecule has 0 radical (unpaired) electrons. The maximum atomic E-state index is 12.3. The highest BCUT2D eigenvalue weighted by atomic mass is 35.5. The van der Waals surface area contributed by atoms with Crippen molar-refractivity contribution >= 4 is 28.9 Å². The highest BCUT2D eigenvalue weighted by Crippen LogP contribution is 2.20. The number of hydrogen-bond acceptors (Lipinski definition) is 3. The molecule has 0 fully saturated rings. The highest BCUT2D eigenvalue weighted by Gasteiger charge is 2.14. The molecule has 1 atom stereocenters. The Labute approximate surface area is 135 Å². The SMILES string of the molecule is Cc1ccc(Cl)cc1NC(=O)C(C)Nc1cccc(CO)c1. The van der Waals surface area contributed by atoms with E-state index >= 15 is 0 Å². The molecule has 2 rings (SSSR count). The van der Waals surface area contributed by atoms with Gasteiger partial charge in [0.05, 0.1) is 6.61 Å². The van der Waals surface area contributed by atoms with Crippen molar-refractivity contribution in [2.45, 2.75) is 26.5 Å². The third-order valence-electron chi connectivity index (χ3n) is 3.34. The zero-order valence-electron chi connectivity index (χ0n) is 12.6. The van der Waals surface area contributed by atoms with Crippen molar-refractivity contribution in [3.63, 3.8) is 0 Å². The Bertz CT molecular complexity index is 673. The molecule has 0 aliphatic carbocycles. The largest absolute Gasteiger partial charge is 0.392 e. The molecule has 0 aliphatic heterocycles. The van der Waals surface area contributed by atoms with Gasteiger partial charge in [-0.05, 0) is 49.2 Å². The smallest absolute Gasteiger partial charge is 0.246 e. The van der Waals surface area contributed by atoms with Gasteiger partial charge in [0.2, 0.25) is 5.91 Å². The van der Waals surface area contributed by atoms with E-state index in [2.05, 4.69) is 10.6 Å². The quantitative estimate of drug-likeness (QED) is 0.789. The normalized spacial score (nSPS) is 11.8. The van der Waals surface area contributed by atoms with Gasteiger partial charge in [0.1, 0.15) is 6.04 Å². The maximum Gasteiger partial charge on any atom is 0.246 e. The average Bonchev–Trinajstić information content (AvgIpc) is 2.51. The summed E-state index contributed by atoms with van der Waals surface area (Å²) >= 11 is 5.95. The molecule has 0 aliphatic rings. The van der Waals surface area contributed by atoms with Crippen LogP contribution >= 0.6 is 11.6 Å². The lowest BCUT2D eigenvalue weighted by Crippen LogP contribution is -2.32. The van der Waals surface area contributed by atoms with E-state index in [1.807, 2.05) is 37.3 Å². The summed E-state index contributed by atoms with van der Waals surface area (Å²) in [5.74, 6) is -0.153. The number of rotatable bonds is 5. The van der Waals surface area contributed by atoms with E-state index in [9.17, 15) is 4.79 Å². The number of carbonyl (C=O) groups excluding carboxylic acids is 1. The number of hydrogen-bond donors (Lipinski definition) is 3. The van der Waals surface area contributed by atoms with Gasteiger partial charge in [-0.25, -0.2) is 0 Å². The number of aliphatic hydroxyl groups excluding tert-OH is 1. The Morgan fingerprint density at radius 3 is 2.77 bits per heavy atom. The van der Waals surface area contributed by atoms with Crippen molar-refractivity contribution in [2.24, 2.45) is 0 Å². The molecule has 0 heterocycles. The lowest BCUT2D eigenvalue weighted by atomic mass is 10.1. The summed E-state index contributed by atoms with van der Waals surface area (Å²) in [5, 5.41) is 15.7. The minimum Gasteiger partial charge on any atom is -0.392 e. The summed E-state index contributed by atoms with van der Waals surface area (Å²) in [5.41, 5.74) is 3.24. The first-order chi connectivity index (χ1) is 10.5.